The Balaban J connectivity index is 1.78. The van der Waals surface area contributed by atoms with Crippen LogP contribution in [0.4, 0.5) is 23.2 Å². The number of ether oxygens (including phenoxy) is 2. The first kappa shape index (κ1) is 26.7. The summed E-state index contributed by atoms with van der Waals surface area (Å²) in [5, 5.41) is 0. The molecular formula is C22H25F4N3O5S. The number of hydrogen-bond acceptors (Lipinski definition) is 6. The van der Waals surface area contributed by atoms with E-state index < -0.39 is 39.1 Å². The summed E-state index contributed by atoms with van der Waals surface area (Å²) in [6, 6.07) is 6.29. The van der Waals surface area contributed by atoms with Gasteiger partial charge in [0.25, 0.3) is 5.91 Å². The van der Waals surface area contributed by atoms with E-state index in [0.717, 1.165) is 12.1 Å². The number of rotatable bonds is 8. The van der Waals surface area contributed by atoms with Crippen LogP contribution in [0.2, 0.25) is 0 Å². The highest BCUT2D eigenvalue weighted by Crippen LogP contribution is 2.34. The molecule has 0 saturated carbocycles. The Kier molecular flexibility index (Phi) is 8.23. The van der Waals surface area contributed by atoms with Gasteiger partial charge in [0, 0.05) is 39.8 Å². The van der Waals surface area contributed by atoms with Gasteiger partial charge in [-0.15, -0.1) is 0 Å². The molecule has 1 aliphatic heterocycles. The lowest BCUT2D eigenvalue weighted by molar-refractivity contribution is -0.138. The van der Waals surface area contributed by atoms with Crippen molar-refractivity contribution in [3.05, 3.63) is 53.3 Å². The molecule has 0 aromatic heterocycles. The molecule has 1 amide bonds. The van der Waals surface area contributed by atoms with E-state index in [1.54, 1.807) is 4.90 Å². The summed E-state index contributed by atoms with van der Waals surface area (Å²) in [6.07, 6.45) is -4.88. The first-order valence-electron chi connectivity index (χ1n) is 10.6. The van der Waals surface area contributed by atoms with Gasteiger partial charge in [0.1, 0.15) is 11.6 Å². The second-order valence-electron chi connectivity index (χ2n) is 7.69. The van der Waals surface area contributed by atoms with Crippen LogP contribution in [0.5, 0.6) is 5.75 Å². The minimum Gasteiger partial charge on any atom is -0.495 e. The summed E-state index contributed by atoms with van der Waals surface area (Å²) in [7, 11) is -0.939. The Labute approximate surface area is 200 Å². The van der Waals surface area contributed by atoms with Crippen LogP contribution in [0.1, 0.15) is 15.9 Å². The third kappa shape index (κ3) is 6.21. The minimum absolute atomic E-state index is 0.00374. The highest BCUT2D eigenvalue weighted by Gasteiger charge is 2.37. The fourth-order valence-electron chi connectivity index (χ4n) is 3.70. The first-order chi connectivity index (χ1) is 16.5. The normalized spacial score (nSPS) is 14.8. The van der Waals surface area contributed by atoms with Crippen LogP contribution >= 0.6 is 0 Å². The number of amides is 1. The molecule has 35 heavy (non-hydrogen) atoms. The van der Waals surface area contributed by atoms with Crippen molar-refractivity contribution in [1.82, 2.24) is 9.62 Å². The Morgan fingerprint density at radius 1 is 1.06 bits per heavy atom. The maximum absolute atomic E-state index is 13.4. The smallest absolute Gasteiger partial charge is 0.417 e. The number of sulfonamides is 1. The van der Waals surface area contributed by atoms with Crippen molar-refractivity contribution in [1.29, 1.82) is 0 Å². The molecule has 1 aliphatic rings. The molecule has 1 heterocycles. The number of anilines is 1. The Hall–Kier alpha value is -2.90. The molecule has 2 aromatic carbocycles. The Morgan fingerprint density at radius 3 is 2.34 bits per heavy atom. The minimum atomic E-state index is -4.88. The molecule has 1 N–H and O–H groups in total. The summed E-state index contributed by atoms with van der Waals surface area (Å²) in [5.41, 5.74) is -1.49. The lowest BCUT2D eigenvalue weighted by Gasteiger charge is -2.37. The number of piperazine rings is 1. The summed E-state index contributed by atoms with van der Waals surface area (Å²) >= 11 is 0. The summed E-state index contributed by atoms with van der Waals surface area (Å²) in [6.45, 7) is 0.850. The molecule has 0 bridgehead atoms. The van der Waals surface area contributed by atoms with E-state index in [9.17, 15) is 30.8 Å². The van der Waals surface area contributed by atoms with Crippen LogP contribution < -0.4 is 14.4 Å². The number of nitrogens with one attached hydrogen (secondary N) is 1. The Morgan fingerprint density at radius 2 is 1.74 bits per heavy atom. The van der Waals surface area contributed by atoms with Crippen LogP contribution in [0.25, 0.3) is 0 Å². The van der Waals surface area contributed by atoms with Gasteiger partial charge in [-0.05, 0) is 36.4 Å². The monoisotopic (exact) mass is 519 g/mol. The number of hydrogen-bond donors (Lipinski definition) is 1. The van der Waals surface area contributed by atoms with Crippen molar-refractivity contribution in [2.24, 2.45) is 0 Å². The second kappa shape index (κ2) is 10.8. The van der Waals surface area contributed by atoms with Gasteiger partial charge in [-0.1, -0.05) is 0 Å². The average Bonchev–Trinajstić information content (AvgIpc) is 2.83. The van der Waals surface area contributed by atoms with Crippen LogP contribution in [0.15, 0.2) is 41.3 Å². The van der Waals surface area contributed by atoms with Crippen molar-refractivity contribution >= 4 is 21.6 Å². The highest BCUT2D eigenvalue weighted by molar-refractivity contribution is 7.89. The molecule has 0 aliphatic carbocycles. The predicted octanol–water partition coefficient (Wildman–Crippen LogP) is 2.74. The van der Waals surface area contributed by atoms with Gasteiger partial charge in [0.15, 0.2) is 0 Å². The van der Waals surface area contributed by atoms with Gasteiger partial charge in [-0.25, -0.2) is 17.5 Å². The Bertz CT molecular complexity index is 1170. The lowest BCUT2D eigenvalue weighted by Crippen LogP contribution is -2.49. The third-order valence-corrected chi connectivity index (χ3v) is 6.94. The number of carbonyl (C=O) groups excluding carboxylic acids is 1. The van der Waals surface area contributed by atoms with Crippen molar-refractivity contribution in [2.75, 3.05) is 58.5 Å². The van der Waals surface area contributed by atoms with Gasteiger partial charge in [-0.3, -0.25) is 4.79 Å². The van der Waals surface area contributed by atoms with Gasteiger partial charge in [0.05, 0.1) is 35.4 Å². The lowest BCUT2D eigenvalue weighted by atomic mass is 10.0. The fourth-order valence-corrected chi connectivity index (χ4v) is 4.74. The summed E-state index contributed by atoms with van der Waals surface area (Å²) in [4.78, 5) is 15.9. The standard InChI is InChI=1S/C22H25F4N3O5S/c1-33-12-7-27-35(31,32)16-4-6-20(34-2)19(14-16)28-8-10-29(11-9-28)21(30)17-5-3-15(23)13-18(17)22(24,25)26/h3-6,13-14,27H,7-12H2,1-2H3. The first-order valence-corrected chi connectivity index (χ1v) is 12.0. The maximum Gasteiger partial charge on any atom is 0.417 e. The van der Waals surface area contributed by atoms with Crippen LogP contribution in [-0.2, 0) is 20.9 Å². The molecule has 0 radical (unpaired) electrons. The van der Waals surface area contributed by atoms with E-state index >= 15 is 0 Å². The zero-order valence-electron chi connectivity index (χ0n) is 19.1. The van der Waals surface area contributed by atoms with Gasteiger partial charge >= 0.3 is 6.18 Å². The third-order valence-electron chi connectivity index (χ3n) is 5.48. The molecule has 0 unspecified atom stereocenters. The summed E-state index contributed by atoms with van der Waals surface area (Å²) < 4.78 is 91.2. The number of carbonyl (C=O) groups is 1. The van der Waals surface area contributed by atoms with E-state index in [1.165, 1.54) is 37.3 Å². The topological polar surface area (TPSA) is 88.2 Å². The molecule has 2 aromatic rings. The fraction of sp³-hybridized carbons (Fsp3) is 0.409. The molecule has 8 nitrogen and oxygen atoms in total. The second-order valence-corrected chi connectivity index (χ2v) is 9.46. The quantitative estimate of drug-likeness (QED) is 0.426. The zero-order chi connectivity index (χ0) is 25.8. The zero-order valence-corrected chi connectivity index (χ0v) is 19.9. The molecular weight excluding hydrogens is 494 g/mol. The van der Waals surface area contributed by atoms with Crippen molar-refractivity contribution < 1.29 is 40.2 Å². The average molecular weight is 520 g/mol. The van der Waals surface area contributed by atoms with Crippen molar-refractivity contribution in [2.45, 2.75) is 11.1 Å². The highest BCUT2D eigenvalue weighted by atomic mass is 32.2. The molecule has 3 rings (SSSR count). The van der Waals surface area contributed by atoms with Crippen LogP contribution in [0.3, 0.4) is 0 Å². The molecule has 0 spiro atoms. The van der Waals surface area contributed by atoms with Crippen LogP contribution in [0, 0.1) is 5.82 Å². The van der Waals surface area contributed by atoms with E-state index in [0.29, 0.717) is 17.5 Å². The van der Waals surface area contributed by atoms with Crippen LogP contribution in [-0.4, -0.2) is 72.8 Å². The van der Waals surface area contributed by atoms with E-state index in [-0.39, 0.29) is 44.2 Å². The SMILES string of the molecule is COCCNS(=O)(=O)c1ccc(OC)c(N2CCN(C(=O)c3ccc(F)cc3C(F)(F)F)CC2)c1. The van der Waals surface area contributed by atoms with Gasteiger partial charge in [0.2, 0.25) is 10.0 Å². The van der Waals surface area contributed by atoms with Crippen molar-refractivity contribution in [3.8, 4) is 5.75 Å². The number of halogens is 4. The maximum atomic E-state index is 13.4. The van der Waals surface area contributed by atoms with Crippen molar-refractivity contribution in [3.63, 3.8) is 0 Å². The van der Waals surface area contributed by atoms with E-state index in [4.69, 9.17) is 9.47 Å². The summed E-state index contributed by atoms with van der Waals surface area (Å²) in [5.74, 6) is -1.54. The largest absolute Gasteiger partial charge is 0.495 e. The van der Waals surface area contributed by atoms with E-state index in [1.807, 2.05) is 0 Å². The van der Waals surface area contributed by atoms with Gasteiger partial charge in [-0.2, -0.15) is 13.2 Å². The van der Waals surface area contributed by atoms with E-state index in [2.05, 4.69) is 4.72 Å². The predicted molar refractivity (Wildman–Crippen MR) is 120 cm³/mol. The number of alkyl halides is 3. The number of nitrogens with zero attached hydrogens (tertiary/aromatic N) is 2. The number of benzene rings is 2. The molecule has 192 valence electrons. The molecule has 0 atom stereocenters. The molecule has 13 heteroatoms. The molecule has 1 fully saturated rings. The molecule has 1 saturated heterocycles. The number of methoxy groups -OCH3 is 2. The van der Waals surface area contributed by atoms with Gasteiger partial charge < -0.3 is 19.3 Å².